The van der Waals surface area contributed by atoms with E-state index in [9.17, 15) is 9.90 Å². The molecule has 0 saturated carbocycles. The first kappa shape index (κ1) is 24.6. The van der Waals surface area contributed by atoms with Gasteiger partial charge in [0.2, 0.25) is 11.8 Å². The Balaban J connectivity index is 1.48. The maximum atomic E-state index is 12.9. The minimum Gasteiger partial charge on any atom is -0.508 e. The number of halogens is 1. The number of carbonyl (C=O) groups excluding carboxylic acids is 1. The van der Waals surface area contributed by atoms with Crippen molar-refractivity contribution in [1.29, 1.82) is 0 Å². The molecule has 1 fully saturated rings. The van der Waals surface area contributed by atoms with Crippen molar-refractivity contribution < 1.29 is 19.4 Å². The summed E-state index contributed by atoms with van der Waals surface area (Å²) in [6.45, 7) is 5.60. The van der Waals surface area contributed by atoms with Crippen molar-refractivity contribution in [2.45, 2.75) is 26.4 Å². The van der Waals surface area contributed by atoms with Crippen molar-refractivity contribution in [3.8, 4) is 17.4 Å². The van der Waals surface area contributed by atoms with Gasteiger partial charge in [0.05, 0.1) is 17.8 Å². The Morgan fingerprint density at radius 1 is 1.26 bits per heavy atom. The second-order valence-electron chi connectivity index (χ2n) is 8.53. The number of aryl methyl sites for hydroxylation is 1. The van der Waals surface area contributed by atoms with Crippen LogP contribution in [0.25, 0.3) is 0 Å². The normalized spacial score (nSPS) is 15.6. The summed E-state index contributed by atoms with van der Waals surface area (Å²) in [7, 11) is 3.52. The van der Waals surface area contributed by atoms with E-state index < -0.39 is 5.91 Å². The zero-order chi connectivity index (χ0) is 25.1. The van der Waals surface area contributed by atoms with E-state index in [0.29, 0.717) is 16.3 Å². The van der Waals surface area contributed by atoms with Crippen molar-refractivity contribution >= 4 is 34.8 Å². The van der Waals surface area contributed by atoms with Crippen LogP contribution in [-0.4, -0.2) is 59.2 Å². The van der Waals surface area contributed by atoms with Gasteiger partial charge in [0.25, 0.3) is 5.91 Å². The van der Waals surface area contributed by atoms with Gasteiger partial charge in [-0.2, -0.15) is 4.98 Å². The first-order chi connectivity index (χ1) is 16.7. The predicted molar refractivity (Wildman–Crippen MR) is 135 cm³/mol. The summed E-state index contributed by atoms with van der Waals surface area (Å²) in [5.74, 6) is 0.724. The average molecular weight is 498 g/mol. The summed E-state index contributed by atoms with van der Waals surface area (Å²) < 4.78 is 11.5. The number of methoxy groups -OCH3 is 1. The number of carbonyl (C=O) groups is 1. The van der Waals surface area contributed by atoms with Crippen LogP contribution in [0.15, 0.2) is 36.5 Å². The van der Waals surface area contributed by atoms with Gasteiger partial charge in [0, 0.05) is 30.5 Å². The predicted octanol–water partition coefficient (Wildman–Crippen LogP) is 4.54. The first-order valence-corrected chi connectivity index (χ1v) is 11.6. The van der Waals surface area contributed by atoms with Crippen LogP contribution in [0.2, 0.25) is 5.02 Å². The van der Waals surface area contributed by atoms with Gasteiger partial charge in [-0.25, -0.2) is 4.98 Å². The molecule has 0 spiro atoms. The molecular formula is C25H28ClN5O4. The number of phenols is 1. The standard InChI is InChI=1S/C25H28ClN5O4/c1-14-11-16(5-8-21(14)35-17-9-10-31(3)13-17)28-25-27-12-18(24(30-25)34-4)23(33)29-22-15(2)20(32)7-6-19(22)26/h5-8,11-12,17,32H,9-10,13H2,1-4H3,(H,29,33)(H,27,28,30)/t17-/m0/s1. The number of anilines is 3. The lowest BCUT2D eigenvalue weighted by Crippen LogP contribution is -2.21. The quantitative estimate of drug-likeness (QED) is 0.436. The monoisotopic (exact) mass is 497 g/mol. The summed E-state index contributed by atoms with van der Waals surface area (Å²) in [6, 6.07) is 8.74. The molecule has 1 aliphatic rings. The van der Waals surface area contributed by atoms with Gasteiger partial charge in [-0.15, -0.1) is 0 Å². The molecule has 3 aromatic rings. The second-order valence-corrected chi connectivity index (χ2v) is 8.94. The fourth-order valence-corrected chi connectivity index (χ4v) is 4.15. The molecule has 35 heavy (non-hydrogen) atoms. The number of aromatic nitrogens is 2. The third-order valence-electron chi connectivity index (χ3n) is 5.89. The Morgan fingerprint density at radius 3 is 2.74 bits per heavy atom. The largest absolute Gasteiger partial charge is 0.508 e. The summed E-state index contributed by atoms with van der Waals surface area (Å²) in [4.78, 5) is 23.7. The van der Waals surface area contributed by atoms with Crippen molar-refractivity contribution in [3.63, 3.8) is 0 Å². The number of nitrogens with one attached hydrogen (secondary N) is 2. The molecule has 1 aromatic heterocycles. The number of nitrogens with zero attached hydrogens (tertiary/aromatic N) is 3. The fraction of sp³-hybridized carbons (Fsp3) is 0.320. The number of likely N-dealkylation sites (tertiary alicyclic amines) is 1. The van der Waals surface area contributed by atoms with Crippen molar-refractivity contribution in [2.75, 3.05) is 37.9 Å². The number of ether oxygens (including phenoxy) is 2. The molecular weight excluding hydrogens is 470 g/mol. The van der Waals surface area contributed by atoms with Gasteiger partial charge in [0.1, 0.15) is 23.2 Å². The highest BCUT2D eigenvalue weighted by molar-refractivity contribution is 6.34. The summed E-state index contributed by atoms with van der Waals surface area (Å²) in [5, 5.41) is 16.1. The number of hydrogen-bond acceptors (Lipinski definition) is 8. The van der Waals surface area contributed by atoms with E-state index in [0.717, 1.165) is 36.5 Å². The number of phenolic OH excluding ortho intramolecular Hbond substituents is 1. The third kappa shape index (κ3) is 5.58. The van der Waals surface area contributed by atoms with Gasteiger partial charge in [0.15, 0.2) is 0 Å². The molecule has 1 aliphatic heterocycles. The van der Waals surface area contributed by atoms with Crippen LogP contribution in [0.4, 0.5) is 17.3 Å². The number of hydrogen-bond donors (Lipinski definition) is 3. The number of likely N-dealkylation sites (N-methyl/N-ethyl adjacent to an activating group) is 1. The van der Waals surface area contributed by atoms with Gasteiger partial charge < -0.3 is 30.1 Å². The van der Waals surface area contributed by atoms with E-state index >= 15 is 0 Å². The molecule has 4 rings (SSSR count). The molecule has 3 N–H and O–H groups in total. The van der Waals surface area contributed by atoms with Gasteiger partial charge in [-0.3, -0.25) is 4.79 Å². The molecule has 2 aromatic carbocycles. The maximum absolute atomic E-state index is 12.9. The van der Waals surface area contributed by atoms with Crippen LogP contribution in [0.5, 0.6) is 17.4 Å². The van der Waals surface area contributed by atoms with Crippen LogP contribution in [0, 0.1) is 13.8 Å². The topological polar surface area (TPSA) is 109 Å². The number of benzene rings is 2. The van der Waals surface area contributed by atoms with Crippen molar-refractivity contribution in [2.24, 2.45) is 0 Å². The van der Waals surface area contributed by atoms with Crippen molar-refractivity contribution in [1.82, 2.24) is 14.9 Å². The average Bonchev–Trinajstić information content (AvgIpc) is 3.25. The second kappa shape index (κ2) is 10.4. The molecule has 1 saturated heterocycles. The van der Waals surface area contributed by atoms with E-state index in [1.807, 2.05) is 25.1 Å². The van der Waals surface area contributed by atoms with E-state index in [1.54, 1.807) is 6.92 Å². The van der Waals surface area contributed by atoms with Gasteiger partial charge >= 0.3 is 0 Å². The molecule has 0 bridgehead atoms. The zero-order valence-electron chi connectivity index (χ0n) is 20.1. The highest BCUT2D eigenvalue weighted by Gasteiger charge is 2.22. The Kier molecular flexibility index (Phi) is 7.28. The van der Waals surface area contributed by atoms with E-state index in [2.05, 4.69) is 32.5 Å². The maximum Gasteiger partial charge on any atom is 0.262 e. The van der Waals surface area contributed by atoms with Crippen LogP contribution in [0.1, 0.15) is 27.9 Å². The Labute approximate surface area is 209 Å². The number of rotatable bonds is 7. The van der Waals surface area contributed by atoms with E-state index in [1.165, 1.54) is 25.4 Å². The van der Waals surface area contributed by atoms with Crippen LogP contribution < -0.4 is 20.1 Å². The van der Waals surface area contributed by atoms with Crippen LogP contribution >= 0.6 is 11.6 Å². The highest BCUT2D eigenvalue weighted by Crippen LogP contribution is 2.33. The van der Waals surface area contributed by atoms with E-state index in [-0.39, 0.29) is 29.2 Å². The molecule has 9 nitrogen and oxygen atoms in total. The molecule has 184 valence electrons. The number of amides is 1. The van der Waals surface area contributed by atoms with Gasteiger partial charge in [-0.1, -0.05) is 11.6 Å². The molecule has 10 heteroatoms. The number of aromatic hydroxyl groups is 1. The summed E-state index contributed by atoms with van der Waals surface area (Å²) in [5.41, 5.74) is 2.65. The lowest BCUT2D eigenvalue weighted by molar-refractivity contribution is 0.102. The smallest absolute Gasteiger partial charge is 0.262 e. The highest BCUT2D eigenvalue weighted by atomic mass is 35.5. The Morgan fingerprint density at radius 2 is 2.06 bits per heavy atom. The van der Waals surface area contributed by atoms with Crippen molar-refractivity contribution in [3.05, 3.63) is 58.2 Å². The minimum atomic E-state index is -0.515. The fourth-order valence-electron chi connectivity index (χ4n) is 3.90. The molecule has 0 unspecified atom stereocenters. The summed E-state index contributed by atoms with van der Waals surface area (Å²) in [6.07, 6.45) is 2.58. The van der Waals surface area contributed by atoms with E-state index in [4.69, 9.17) is 21.1 Å². The first-order valence-electron chi connectivity index (χ1n) is 11.2. The zero-order valence-corrected chi connectivity index (χ0v) is 20.8. The molecule has 0 radical (unpaired) electrons. The van der Waals surface area contributed by atoms with Crippen LogP contribution in [-0.2, 0) is 0 Å². The SMILES string of the molecule is COc1nc(Nc2ccc(O[C@H]3CCN(C)C3)c(C)c2)ncc1C(=O)Nc1c(Cl)ccc(O)c1C. The molecule has 1 atom stereocenters. The molecule has 2 heterocycles. The van der Waals surface area contributed by atoms with Gasteiger partial charge in [-0.05, 0) is 63.2 Å². The molecule has 1 amide bonds. The lowest BCUT2D eigenvalue weighted by atomic mass is 10.1. The molecule has 0 aliphatic carbocycles. The minimum absolute atomic E-state index is 0.0229. The lowest BCUT2D eigenvalue weighted by Gasteiger charge is -2.17. The summed E-state index contributed by atoms with van der Waals surface area (Å²) >= 11 is 6.19. The Hall–Kier alpha value is -3.56. The van der Waals surface area contributed by atoms with Crippen LogP contribution in [0.3, 0.4) is 0 Å². The Bertz CT molecular complexity index is 1250. The third-order valence-corrected chi connectivity index (χ3v) is 6.20.